The fourth-order valence-electron chi connectivity index (χ4n) is 1.89. The van der Waals surface area contributed by atoms with E-state index in [-0.39, 0.29) is 0 Å². The van der Waals surface area contributed by atoms with Crippen LogP contribution < -0.4 is 15.2 Å². The lowest BCUT2D eigenvalue weighted by molar-refractivity contribution is 0.215. The van der Waals surface area contributed by atoms with E-state index in [1.165, 1.54) is 0 Å². The summed E-state index contributed by atoms with van der Waals surface area (Å²) in [6.07, 6.45) is 0. The van der Waals surface area contributed by atoms with Gasteiger partial charge in [0.2, 0.25) is 0 Å². The van der Waals surface area contributed by atoms with Crippen LogP contribution in [0, 0.1) is 6.92 Å². The van der Waals surface area contributed by atoms with Crippen molar-refractivity contribution >= 4 is 15.9 Å². The summed E-state index contributed by atoms with van der Waals surface area (Å²) in [5.74, 6) is 1.70. The molecule has 2 rings (SSSR count). The van der Waals surface area contributed by atoms with Crippen molar-refractivity contribution in [2.24, 2.45) is 5.73 Å². The Morgan fingerprint density at radius 2 is 1.70 bits per heavy atom. The molecule has 0 saturated heterocycles. The van der Waals surface area contributed by atoms with E-state index in [1.807, 2.05) is 49.4 Å². The molecule has 2 N–H and O–H groups in total. The van der Waals surface area contributed by atoms with Crippen molar-refractivity contribution in [3.63, 3.8) is 0 Å². The molecule has 0 saturated carbocycles. The minimum absolute atomic E-state index is 0.475. The molecule has 2 aromatic rings. The summed E-state index contributed by atoms with van der Waals surface area (Å²) >= 11 is 3.43. The molecule has 0 fully saturated rings. The van der Waals surface area contributed by atoms with Crippen LogP contribution >= 0.6 is 15.9 Å². The first-order valence-electron chi connectivity index (χ1n) is 6.50. The fourth-order valence-corrected chi connectivity index (χ4v) is 2.37. The highest BCUT2D eigenvalue weighted by Crippen LogP contribution is 2.22. The van der Waals surface area contributed by atoms with E-state index >= 15 is 0 Å². The van der Waals surface area contributed by atoms with Gasteiger partial charge in [0, 0.05) is 16.6 Å². The smallest absolute Gasteiger partial charge is 0.123 e. The first kappa shape index (κ1) is 14.9. The predicted molar refractivity (Wildman–Crippen MR) is 84.2 cm³/mol. The highest BCUT2D eigenvalue weighted by Gasteiger charge is 2.02. The van der Waals surface area contributed by atoms with E-state index in [2.05, 4.69) is 15.9 Å². The summed E-state index contributed by atoms with van der Waals surface area (Å²) in [5.41, 5.74) is 7.77. The third kappa shape index (κ3) is 3.99. The number of para-hydroxylation sites is 1. The maximum absolute atomic E-state index is 5.71. The normalized spacial score (nSPS) is 10.3. The summed E-state index contributed by atoms with van der Waals surface area (Å²) in [4.78, 5) is 0. The van der Waals surface area contributed by atoms with Gasteiger partial charge in [0.1, 0.15) is 24.7 Å². The lowest BCUT2D eigenvalue weighted by Gasteiger charge is -2.12. The second-order valence-corrected chi connectivity index (χ2v) is 5.33. The highest BCUT2D eigenvalue weighted by atomic mass is 79.9. The molecule has 0 radical (unpaired) electrons. The van der Waals surface area contributed by atoms with Gasteiger partial charge < -0.3 is 15.2 Å². The molecule has 0 heterocycles. The molecule has 0 amide bonds. The number of ether oxygens (including phenoxy) is 2. The maximum atomic E-state index is 5.71. The van der Waals surface area contributed by atoms with Gasteiger partial charge >= 0.3 is 0 Å². The number of benzene rings is 2. The molecule has 0 aliphatic heterocycles. The van der Waals surface area contributed by atoms with E-state index in [1.54, 1.807) is 0 Å². The van der Waals surface area contributed by atoms with Gasteiger partial charge in [-0.1, -0.05) is 34.1 Å². The molecule has 20 heavy (non-hydrogen) atoms. The minimum atomic E-state index is 0.475. The number of nitrogens with two attached hydrogens (primary N) is 1. The zero-order valence-corrected chi connectivity index (χ0v) is 13.0. The van der Waals surface area contributed by atoms with Crippen LogP contribution in [0.1, 0.15) is 11.1 Å². The first-order valence-corrected chi connectivity index (χ1v) is 7.29. The summed E-state index contributed by atoms with van der Waals surface area (Å²) < 4.78 is 12.5. The van der Waals surface area contributed by atoms with Crippen LogP contribution in [-0.2, 0) is 6.54 Å². The lowest BCUT2D eigenvalue weighted by Crippen LogP contribution is -2.11. The van der Waals surface area contributed by atoms with Gasteiger partial charge in [0.25, 0.3) is 0 Å². The topological polar surface area (TPSA) is 44.5 Å². The molecule has 0 aliphatic rings. The first-order chi connectivity index (χ1) is 9.70. The van der Waals surface area contributed by atoms with E-state index in [9.17, 15) is 0 Å². The van der Waals surface area contributed by atoms with Gasteiger partial charge in [0.05, 0.1) is 0 Å². The Morgan fingerprint density at radius 1 is 1.00 bits per heavy atom. The average Bonchev–Trinajstić information content (AvgIpc) is 2.46. The molecular formula is C16H18BrNO2. The van der Waals surface area contributed by atoms with E-state index in [4.69, 9.17) is 15.2 Å². The van der Waals surface area contributed by atoms with E-state index in [0.29, 0.717) is 19.8 Å². The SMILES string of the molecule is Cc1cc(Br)ccc1OCCOc1ccccc1CN. The van der Waals surface area contributed by atoms with E-state index in [0.717, 1.165) is 27.1 Å². The summed E-state index contributed by atoms with van der Waals surface area (Å²) in [7, 11) is 0. The Kier molecular flexibility index (Phi) is 5.44. The number of halogens is 1. The van der Waals surface area contributed by atoms with Gasteiger partial charge in [-0.15, -0.1) is 0 Å². The predicted octanol–water partition coefficient (Wildman–Crippen LogP) is 3.67. The van der Waals surface area contributed by atoms with Crippen molar-refractivity contribution in [2.45, 2.75) is 13.5 Å². The van der Waals surface area contributed by atoms with E-state index < -0.39 is 0 Å². The summed E-state index contributed by atoms with van der Waals surface area (Å²) in [6, 6.07) is 13.7. The number of hydrogen-bond donors (Lipinski definition) is 1. The highest BCUT2D eigenvalue weighted by molar-refractivity contribution is 9.10. The van der Waals surface area contributed by atoms with Crippen LogP contribution in [-0.4, -0.2) is 13.2 Å². The summed E-state index contributed by atoms with van der Waals surface area (Å²) in [6.45, 7) is 3.49. The van der Waals surface area contributed by atoms with Crippen molar-refractivity contribution < 1.29 is 9.47 Å². The van der Waals surface area contributed by atoms with Gasteiger partial charge in [-0.25, -0.2) is 0 Å². The van der Waals surface area contributed by atoms with Crippen molar-refractivity contribution in [1.29, 1.82) is 0 Å². The van der Waals surface area contributed by atoms with Crippen LogP contribution in [0.3, 0.4) is 0 Å². The Balaban J connectivity index is 1.84. The minimum Gasteiger partial charge on any atom is -0.490 e. The quantitative estimate of drug-likeness (QED) is 0.819. The Labute approximate surface area is 127 Å². The molecule has 0 aromatic heterocycles. The van der Waals surface area contributed by atoms with Crippen LogP contribution in [0.2, 0.25) is 0 Å². The molecular weight excluding hydrogens is 318 g/mol. The number of aryl methyl sites for hydroxylation is 1. The van der Waals surface area contributed by atoms with Gasteiger partial charge in [-0.05, 0) is 36.8 Å². The average molecular weight is 336 g/mol. The molecule has 0 spiro atoms. The molecule has 0 bridgehead atoms. The van der Waals surface area contributed by atoms with Crippen LogP contribution in [0.15, 0.2) is 46.9 Å². The molecule has 106 valence electrons. The number of hydrogen-bond acceptors (Lipinski definition) is 3. The largest absolute Gasteiger partial charge is 0.490 e. The molecule has 0 aliphatic carbocycles. The lowest BCUT2D eigenvalue weighted by atomic mass is 10.2. The maximum Gasteiger partial charge on any atom is 0.123 e. The second-order valence-electron chi connectivity index (χ2n) is 4.42. The van der Waals surface area contributed by atoms with Crippen LogP contribution in [0.4, 0.5) is 0 Å². The van der Waals surface area contributed by atoms with Gasteiger partial charge in [0.15, 0.2) is 0 Å². The van der Waals surface area contributed by atoms with Gasteiger partial charge in [-0.2, -0.15) is 0 Å². The molecule has 0 unspecified atom stereocenters. The molecule has 0 atom stereocenters. The Morgan fingerprint density at radius 3 is 2.40 bits per heavy atom. The van der Waals surface area contributed by atoms with Crippen molar-refractivity contribution in [1.82, 2.24) is 0 Å². The van der Waals surface area contributed by atoms with Gasteiger partial charge in [-0.3, -0.25) is 0 Å². The summed E-state index contributed by atoms with van der Waals surface area (Å²) in [5, 5.41) is 0. The molecule has 4 heteroatoms. The second kappa shape index (κ2) is 7.31. The standard InChI is InChI=1S/C16H18BrNO2/c1-12-10-14(17)6-7-15(12)19-8-9-20-16-5-3-2-4-13(16)11-18/h2-7,10H,8-9,11,18H2,1H3. The van der Waals surface area contributed by atoms with Crippen molar-refractivity contribution in [2.75, 3.05) is 13.2 Å². The number of rotatable bonds is 6. The van der Waals surface area contributed by atoms with Crippen LogP contribution in [0.5, 0.6) is 11.5 Å². The molecule has 3 nitrogen and oxygen atoms in total. The monoisotopic (exact) mass is 335 g/mol. The van der Waals surface area contributed by atoms with Crippen molar-refractivity contribution in [3.05, 3.63) is 58.1 Å². The zero-order chi connectivity index (χ0) is 14.4. The van der Waals surface area contributed by atoms with Crippen LogP contribution in [0.25, 0.3) is 0 Å². The third-order valence-electron chi connectivity index (χ3n) is 2.93. The Hall–Kier alpha value is -1.52. The molecule has 2 aromatic carbocycles. The zero-order valence-electron chi connectivity index (χ0n) is 11.4. The third-order valence-corrected chi connectivity index (χ3v) is 3.42. The fraction of sp³-hybridized carbons (Fsp3) is 0.250. The Bertz CT molecular complexity index is 572. The van der Waals surface area contributed by atoms with Crippen molar-refractivity contribution in [3.8, 4) is 11.5 Å².